The van der Waals surface area contributed by atoms with E-state index in [0.29, 0.717) is 12.4 Å². The Morgan fingerprint density at radius 3 is 2.88 bits per heavy atom. The van der Waals surface area contributed by atoms with Crippen LogP contribution in [0.3, 0.4) is 0 Å². The second-order valence-electron chi connectivity index (χ2n) is 5.05. The molecule has 0 unspecified atom stereocenters. The van der Waals surface area contributed by atoms with E-state index in [2.05, 4.69) is 38.0 Å². The number of nitrogens with zero attached hydrogens (tertiary/aromatic N) is 2. The molecule has 0 aliphatic carbocycles. The zero-order valence-corrected chi connectivity index (χ0v) is 14.5. The topological polar surface area (TPSA) is 46.5 Å². The van der Waals surface area contributed by atoms with E-state index in [-0.39, 0.29) is 0 Å². The fourth-order valence-electron chi connectivity index (χ4n) is 2.16. The largest absolute Gasteiger partial charge is 0.488 e. The average molecular weight is 382 g/mol. The third kappa shape index (κ3) is 4.00. The number of nitrogens with one attached hydrogen (secondary N) is 1. The van der Waals surface area contributed by atoms with Crippen LogP contribution in [-0.2, 0) is 0 Å². The van der Waals surface area contributed by atoms with Crippen molar-refractivity contribution in [1.29, 1.82) is 0 Å². The summed E-state index contributed by atoms with van der Waals surface area (Å²) in [5, 5.41) is 5.34. The van der Waals surface area contributed by atoms with Crippen LogP contribution in [0.25, 0.3) is 10.9 Å². The lowest BCUT2D eigenvalue weighted by atomic mass is 10.2. The van der Waals surface area contributed by atoms with Gasteiger partial charge in [0.05, 0.1) is 16.2 Å². The highest BCUT2D eigenvalue weighted by Gasteiger charge is 2.01. The van der Waals surface area contributed by atoms with Gasteiger partial charge in [0.15, 0.2) is 0 Å². The van der Waals surface area contributed by atoms with Crippen molar-refractivity contribution in [1.82, 2.24) is 4.98 Å². The molecule has 3 rings (SSSR count). The summed E-state index contributed by atoms with van der Waals surface area (Å²) in [5.41, 5.74) is 4.83. The van der Waals surface area contributed by atoms with Gasteiger partial charge in [0, 0.05) is 5.39 Å². The summed E-state index contributed by atoms with van der Waals surface area (Å²) < 4.78 is 6.39. The number of benzene rings is 2. The molecule has 120 valence electrons. The summed E-state index contributed by atoms with van der Waals surface area (Å²) >= 11 is 3.49. The van der Waals surface area contributed by atoms with E-state index in [1.54, 1.807) is 12.3 Å². The molecule has 24 heavy (non-hydrogen) atoms. The van der Waals surface area contributed by atoms with E-state index in [1.807, 2.05) is 54.6 Å². The molecule has 0 atom stereocenters. The standard InChI is InChI=1S/C19H16BrN3O/c1-2-11-24-18-9-7-14(12-16(18)20)13-21-23-19-10-8-15-5-3-4-6-17(15)22-19/h2-10,12-13H,1,11H2,(H,22,23)/b21-13-. The highest BCUT2D eigenvalue weighted by atomic mass is 79.9. The summed E-state index contributed by atoms with van der Waals surface area (Å²) in [7, 11) is 0. The number of hydrogen-bond donors (Lipinski definition) is 1. The van der Waals surface area contributed by atoms with E-state index in [0.717, 1.165) is 26.7 Å². The molecule has 5 heteroatoms. The van der Waals surface area contributed by atoms with Crippen molar-refractivity contribution in [2.24, 2.45) is 5.10 Å². The number of hydrogen-bond acceptors (Lipinski definition) is 4. The number of ether oxygens (including phenoxy) is 1. The van der Waals surface area contributed by atoms with E-state index in [4.69, 9.17) is 4.74 Å². The Morgan fingerprint density at radius 2 is 2.04 bits per heavy atom. The van der Waals surface area contributed by atoms with Crippen LogP contribution in [0, 0.1) is 0 Å². The number of halogens is 1. The Hall–Kier alpha value is -2.66. The average Bonchev–Trinajstić information content (AvgIpc) is 2.61. The van der Waals surface area contributed by atoms with Crippen molar-refractivity contribution >= 4 is 38.9 Å². The number of anilines is 1. The van der Waals surface area contributed by atoms with Gasteiger partial charge in [-0.25, -0.2) is 4.98 Å². The molecule has 1 heterocycles. The number of para-hydroxylation sites is 1. The molecule has 0 fully saturated rings. The van der Waals surface area contributed by atoms with Crippen molar-refractivity contribution in [2.45, 2.75) is 0 Å². The normalized spacial score (nSPS) is 10.9. The van der Waals surface area contributed by atoms with Crippen molar-refractivity contribution in [3.8, 4) is 5.75 Å². The number of hydrazone groups is 1. The minimum absolute atomic E-state index is 0.473. The maximum atomic E-state index is 5.52. The second kappa shape index (κ2) is 7.75. The third-order valence-corrected chi connectivity index (χ3v) is 3.92. The van der Waals surface area contributed by atoms with Crippen molar-refractivity contribution in [3.05, 3.63) is 77.3 Å². The molecule has 4 nitrogen and oxygen atoms in total. The number of aromatic nitrogens is 1. The Bertz CT molecular complexity index is 893. The van der Waals surface area contributed by atoms with E-state index >= 15 is 0 Å². The first-order valence-corrected chi connectivity index (χ1v) is 8.24. The number of rotatable bonds is 6. The molecule has 2 aromatic carbocycles. The lowest BCUT2D eigenvalue weighted by Gasteiger charge is -2.06. The van der Waals surface area contributed by atoms with Crippen molar-refractivity contribution < 1.29 is 4.74 Å². The maximum absolute atomic E-state index is 5.52. The molecule has 0 aliphatic rings. The lowest BCUT2D eigenvalue weighted by molar-refractivity contribution is 0.361. The molecule has 0 bridgehead atoms. The maximum Gasteiger partial charge on any atom is 0.146 e. The zero-order chi connectivity index (χ0) is 16.8. The van der Waals surface area contributed by atoms with Crippen LogP contribution in [0.2, 0.25) is 0 Å². The van der Waals surface area contributed by atoms with Gasteiger partial charge in [-0.05, 0) is 57.9 Å². The molecular weight excluding hydrogens is 366 g/mol. The minimum Gasteiger partial charge on any atom is -0.488 e. The van der Waals surface area contributed by atoms with E-state index in [9.17, 15) is 0 Å². The van der Waals surface area contributed by atoms with Crippen LogP contribution in [0.5, 0.6) is 5.75 Å². The summed E-state index contributed by atoms with van der Waals surface area (Å²) in [6, 6.07) is 17.7. The quantitative estimate of drug-likeness (QED) is 0.370. The fourth-order valence-corrected chi connectivity index (χ4v) is 2.68. The van der Waals surface area contributed by atoms with Crippen molar-refractivity contribution in [3.63, 3.8) is 0 Å². The van der Waals surface area contributed by atoms with Gasteiger partial charge < -0.3 is 4.74 Å². The molecule has 0 radical (unpaired) electrons. The fraction of sp³-hybridized carbons (Fsp3) is 0.0526. The first-order chi connectivity index (χ1) is 11.8. The highest BCUT2D eigenvalue weighted by molar-refractivity contribution is 9.10. The first kappa shape index (κ1) is 16.2. The molecule has 0 saturated carbocycles. The minimum atomic E-state index is 0.473. The van der Waals surface area contributed by atoms with Crippen LogP contribution in [0.1, 0.15) is 5.56 Å². The van der Waals surface area contributed by atoms with Gasteiger partial charge in [-0.1, -0.05) is 30.9 Å². The Kier molecular flexibility index (Phi) is 5.23. The molecule has 1 aromatic heterocycles. The van der Waals surface area contributed by atoms with E-state index in [1.165, 1.54) is 0 Å². The van der Waals surface area contributed by atoms with Gasteiger partial charge in [-0.2, -0.15) is 5.10 Å². The van der Waals surface area contributed by atoms with Crippen molar-refractivity contribution in [2.75, 3.05) is 12.0 Å². The number of fused-ring (bicyclic) bond motifs is 1. The molecule has 3 aromatic rings. The van der Waals surface area contributed by atoms with Crippen LogP contribution < -0.4 is 10.2 Å². The van der Waals surface area contributed by atoms with Crippen LogP contribution in [0.15, 0.2) is 76.8 Å². The third-order valence-electron chi connectivity index (χ3n) is 3.30. The SMILES string of the molecule is C=CCOc1ccc(/C=N\Nc2ccc3ccccc3n2)cc1Br. The predicted molar refractivity (Wildman–Crippen MR) is 103 cm³/mol. The summed E-state index contributed by atoms with van der Waals surface area (Å²) in [6.07, 6.45) is 3.45. The first-order valence-electron chi connectivity index (χ1n) is 7.44. The molecule has 1 N–H and O–H groups in total. The van der Waals surface area contributed by atoms with Gasteiger partial charge in [0.2, 0.25) is 0 Å². The Balaban J connectivity index is 1.68. The van der Waals surface area contributed by atoms with E-state index < -0.39 is 0 Å². The smallest absolute Gasteiger partial charge is 0.146 e. The predicted octanol–water partition coefficient (Wildman–Crippen LogP) is 5.01. The summed E-state index contributed by atoms with van der Waals surface area (Å²) in [6.45, 7) is 4.11. The Labute approximate surface area is 149 Å². The van der Waals surface area contributed by atoms with Gasteiger partial charge >= 0.3 is 0 Å². The summed E-state index contributed by atoms with van der Waals surface area (Å²) in [4.78, 5) is 4.51. The highest BCUT2D eigenvalue weighted by Crippen LogP contribution is 2.25. The Morgan fingerprint density at radius 1 is 1.17 bits per heavy atom. The molecule has 0 saturated heterocycles. The second-order valence-corrected chi connectivity index (χ2v) is 5.90. The number of pyridine rings is 1. The molecule has 0 amide bonds. The molecular formula is C19H16BrN3O. The van der Waals surface area contributed by atoms with Gasteiger partial charge in [-0.3, -0.25) is 5.43 Å². The zero-order valence-electron chi connectivity index (χ0n) is 12.9. The molecule has 0 aliphatic heterocycles. The van der Waals surface area contributed by atoms with Crippen LogP contribution in [0.4, 0.5) is 5.82 Å². The monoisotopic (exact) mass is 381 g/mol. The van der Waals surface area contributed by atoms with Crippen LogP contribution >= 0.6 is 15.9 Å². The van der Waals surface area contributed by atoms with Crippen LogP contribution in [-0.4, -0.2) is 17.8 Å². The molecule has 0 spiro atoms. The summed E-state index contributed by atoms with van der Waals surface area (Å²) in [5.74, 6) is 1.48. The van der Waals surface area contributed by atoms with Gasteiger partial charge in [-0.15, -0.1) is 0 Å². The lowest BCUT2D eigenvalue weighted by Crippen LogP contribution is -1.96. The van der Waals surface area contributed by atoms with Gasteiger partial charge in [0.1, 0.15) is 18.2 Å². The van der Waals surface area contributed by atoms with Gasteiger partial charge in [0.25, 0.3) is 0 Å².